The number of aromatic nitrogens is 1. The first-order valence-corrected chi connectivity index (χ1v) is 3.76. The van der Waals surface area contributed by atoms with Crippen LogP contribution < -0.4 is 5.56 Å². The Balaban J connectivity index is 3.38. The molecule has 0 aliphatic rings. The van der Waals surface area contributed by atoms with Gasteiger partial charge in [-0.25, -0.2) is 13.6 Å². The number of nitrogens with one attached hydrogen (secondary N) is 1. The smallest absolute Gasteiger partial charge is 0.341 e. The van der Waals surface area contributed by atoms with Gasteiger partial charge in [-0.05, 0) is 6.07 Å². The summed E-state index contributed by atoms with van der Waals surface area (Å²) in [6.07, 6.45) is -3.00. The summed E-state index contributed by atoms with van der Waals surface area (Å²) in [7, 11) is 0.949. The Morgan fingerprint density at radius 2 is 2.13 bits per heavy atom. The monoisotopic (exact) mass is 221 g/mol. The van der Waals surface area contributed by atoms with Crippen LogP contribution in [0.15, 0.2) is 10.9 Å². The molecule has 1 heterocycles. The third-order valence-corrected chi connectivity index (χ3v) is 1.63. The molecule has 0 spiro atoms. The number of rotatable bonds is 2. The predicted molar refractivity (Wildman–Crippen MR) is 43.3 cm³/mol. The second kappa shape index (κ2) is 4.16. The van der Waals surface area contributed by atoms with Crippen molar-refractivity contribution in [3.63, 3.8) is 0 Å². The average molecular weight is 221 g/mol. The first-order chi connectivity index (χ1) is 6.97. The van der Waals surface area contributed by atoms with Gasteiger partial charge in [0.1, 0.15) is 5.56 Å². The van der Waals surface area contributed by atoms with Crippen molar-refractivity contribution in [3.8, 4) is 0 Å². The fraction of sp³-hybridized carbons (Fsp3) is 0.250. The Labute approximate surface area is 81.7 Å². The Hall–Kier alpha value is -1.79. The number of alkyl halides is 2. The van der Waals surface area contributed by atoms with Crippen LogP contribution in [-0.4, -0.2) is 18.1 Å². The van der Waals surface area contributed by atoms with Crippen LogP contribution in [0.25, 0.3) is 0 Å². The quantitative estimate of drug-likeness (QED) is 0.764. The van der Waals surface area contributed by atoms with Crippen LogP contribution in [0.2, 0.25) is 0 Å². The zero-order chi connectivity index (χ0) is 11.6. The lowest BCUT2D eigenvalue weighted by molar-refractivity contribution is 0.0594. The lowest BCUT2D eigenvalue weighted by atomic mass is 10.2. The van der Waals surface area contributed by atoms with E-state index in [1.54, 1.807) is 4.98 Å². The van der Waals surface area contributed by atoms with Crippen LogP contribution in [-0.2, 0) is 4.74 Å². The molecule has 1 aromatic rings. The second-order valence-corrected chi connectivity index (χ2v) is 2.57. The number of ether oxygens (including phenoxy) is 1. The number of methoxy groups -OCH3 is 1. The van der Waals surface area contributed by atoms with E-state index in [1.165, 1.54) is 0 Å². The van der Waals surface area contributed by atoms with Crippen molar-refractivity contribution in [2.45, 2.75) is 6.43 Å². The maximum atomic E-state index is 13.0. The minimum Gasteiger partial charge on any atom is -0.465 e. The van der Waals surface area contributed by atoms with Crippen molar-refractivity contribution in [2.75, 3.05) is 7.11 Å². The average Bonchev–Trinajstić information content (AvgIpc) is 2.20. The molecule has 1 rings (SSSR count). The molecule has 0 bridgehead atoms. The van der Waals surface area contributed by atoms with E-state index in [2.05, 4.69) is 4.74 Å². The number of aromatic amines is 1. The molecule has 0 fully saturated rings. The summed E-state index contributed by atoms with van der Waals surface area (Å²) in [6.45, 7) is 0. The van der Waals surface area contributed by atoms with E-state index in [1.807, 2.05) is 0 Å². The zero-order valence-electron chi connectivity index (χ0n) is 7.51. The van der Waals surface area contributed by atoms with Gasteiger partial charge in [-0.3, -0.25) is 4.79 Å². The topological polar surface area (TPSA) is 59.2 Å². The normalized spacial score (nSPS) is 10.5. The van der Waals surface area contributed by atoms with Crippen molar-refractivity contribution < 1.29 is 22.7 Å². The number of carbonyl (C=O) groups is 1. The van der Waals surface area contributed by atoms with Gasteiger partial charge >= 0.3 is 5.97 Å². The summed E-state index contributed by atoms with van der Waals surface area (Å²) >= 11 is 0. The molecule has 7 heteroatoms. The van der Waals surface area contributed by atoms with Gasteiger partial charge in [0.25, 0.3) is 12.0 Å². The van der Waals surface area contributed by atoms with Crippen molar-refractivity contribution in [2.24, 2.45) is 0 Å². The number of halogens is 3. The Morgan fingerprint density at radius 3 is 2.60 bits per heavy atom. The van der Waals surface area contributed by atoms with Gasteiger partial charge in [0.2, 0.25) is 5.82 Å². The fourth-order valence-electron chi connectivity index (χ4n) is 0.939. The standard InChI is InChI=1S/C8H6F3NO3/c1-15-8(14)3-2-4(6(10)11)12-7(13)5(3)9/h2,6H,1H3,(H,12,13). The van der Waals surface area contributed by atoms with E-state index in [4.69, 9.17) is 0 Å². The third-order valence-electron chi connectivity index (χ3n) is 1.63. The summed E-state index contributed by atoms with van der Waals surface area (Å²) in [5.41, 5.74) is -3.02. The van der Waals surface area contributed by atoms with Crippen molar-refractivity contribution in [3.05, 3.63) is 33.5 Å². The lowest BCUT2D eigenvalue weighted by Gasteiger charge is -2.03. The van der Waals surface area contributed by atoms with Gasteiger partial charge in [-0.1, -0.05) is 0 Å². The van der Waals surface area contributed by atoms with E-state index < -0.39 is 35.0 Å². The summed E-state index contributed by atoms with van der Waals surface area (Å²) in [5.74, 6) is -2.62. The number of esters is 1. The number of pyridine rings is 1. The summed E-state index contributed by atoms with van der Waals surface area (Å²) in [6, 6.07) is 0.549. The lowest BCUT2D eigenvalue weighted by Crippen LogP contribution is -2.19. The number of carbonyl (C=O) groups excluding carboxylic acids is 1. The van der Waals surface area contributed by atoms with Gasteiger partial charge in [0, 0.05) is 0 Å². The van der Waals surface area contributed by atoms with Crippen molar-refractivity contribution >= 4 is 5.97 Å². The molecule has 0 unspecified atom stereocenters. The van der Waals surface area contributed by atoms with E-state index in [-0.39, 0.29) is 0 Å². The predicted octanol–water partition coefficient (Wildman–Crippen LogP) is 1.24. The molecule has 82 valence electrons. The van der Waals surface area contributed by atoms with Crippen molar-refractivity contribution in [1.29, 1.82) is 0 Å². The number of hydrogen-bond donors (Lipinski definition) is 1. The van der Waals surface area contributed by atoms with E-state index in [0.29, 0.717) is 6.07 Å². The molecule has 1 aromatic heterocycles. The Morgan fingerprint density at radius 1 is 1.53 bits per heavy atom. The molecule has 0 atom stereocenters. The molecule has 0 saturated heterocycles. The highest BCUT2D eigenvalue weighted by atomic mass is 19.3. The Kier molecular flexibility index (Phi) is 3.13. The van der Waals surface area contributed by atoms with Gasteiger partial charge in [-0.15, -0.1) is 0 Å². The molecule has 0 aliphatic carbocycles. The first-order valence-electron chi connectivity index (χ1n) is 3.76. The first kappa shape index (κ1) is 11.3. The Bertz CT molecular complexity index is 441. The molecule has 4 nitrogen and oxygen atoms in total. The van der Waals surface area contributed by atoms with Crippen LogP contribution in [0.1, 0.15) is 22.5 Å². The third kappa shape index (κ3) is 2.17. The second-order valence-electron chi connectivity index (χ2n) is 2.57. The molecule has 15 heavy (non-hydrogen) atoms. The van der Waals surface area contributed by atoms with Gasteiger partial charge in [0.05, 0.1) is 12.8 Å². The summed E-state index contributed by atoms with van der Waals surface area (Å²) < 4.78 is 41.5. The fourth-order valence-corrected chi connectivity index (χ4v) is 0.939. The van der Waals surface area contributed by atoms with E-state index in [9.17, 15) is 22.8 Å². The minimum absolute atomic E-state index is 0.549. The van der Waals surface area contributed by atoms with E-state index >= 15 is 0 Å². The van der Waals surface area contributed by atoms with E-state index in [0.717, 1.165) is 7.11 Å². The number of hydrogen-bond acceptors (Lipinski definition) is 3. The largest absolute Gasteiger partial charge is 0.465 e. The molecular weight excluding hydrogens is 215 g/mol. The SMILES string of the molecule is COC(=O)c1cc(C(F)F)[nH]c(=O)c1F. The highest BCUT2D eigenvalue weighted by Gasteiger charge is 2.19. The molecule has 0 aromatic carbocycles. The highest BCUT2D eigenvalue weighted by molar-refractivity contribution is 5.89. The van der Waals surface area contributed by atoms with Crippen LogP contribution in [0, 0.1) is 5.82 Å². The molecule has 0 amide bonds. The summed E-state index contributed by atoms with van der Waals surface area (Å²) in [5, 5.41) is 0. The van der Waals surface area contributed by atoms with Gasteiger partial charge < -0.3 is 9.72 Å². The number of H-pyrrole nitrogens is 1. The van der Waals surface area contributed by atoms with Crippen LogP contribution >= 0.6 is 0 Å². The maximum Gasteiger partial charge on any atom is 0.341 e. The van der Waals surface area contributed by atoms with Crippen molar-refractivity contribution in [1.82, 2.24) is 4.98 Å². The van der Waals surface area contributed by atoms with Crippen LogP contribution in [0.4, 0.5) is 13.2 Å². The van der Waals surface area contributed by atoms with Gasteiger partial charge in [-0.2, -0.15) is 4.39 Å². The van der Waals surface area contributed by atoms with Crippen LogP contribution in [0.3, 0.4) is 0 Å². The molecular formula is C8H6F3NO3. The minimum atomic E-state index is -3.00. The van der Waals surface area contributed by atoms with Gasteiger partial charge in [0.15, 0.2) is 0 Å². The summed E-state index contributed by atoms with van der Waals surface area (Å²) in [4.78, 5) is 23.3. The highest BCUT2D eigenvalue weighted by Crippen LogP contribution is 2.17. The molecule has 1 N–H and O–H groups in total. The zero-order valence-corrected chi connectivity index (χ0v) is 7.51. The molecule has 0 radical (unpaired) electrons. The van der Waals surface area contributed by atoms with Crippen LogP contribution in [0.5, 0.6) is 0 Å². The molecule has 0 saturated carbocycles. The molecule has 0 aliphatic heterocycles. The maximum absolute atomic E-state index is 13.0.